The third-order valence-electron chi connectivity index (χ3n) is 2.84. The van der Waals surface area contributed by atoms with Crippen LogP contribution in [0.25, 0.3) is 5.69 Å². The summed E-state index contributed by atoms with van der Waals surface area (Å²) in [5.74, 6) is 0. The van der Waals surface area contributed by atoms with Crippen molar-refractivity contribution in [1.82, 2.24) is 15.0 Å². The zero-order valence-electron chi connectivity index (χ0n) is 11.5. The van der Waals surface area contributed by atoms with Crippen molar-refractivity contribution in [3.8, 4) is 5.69 Å². The van der Waals surface area contributed by atoms with Gasteiger partial charge in [0.25, 0.3) is 0 Å². The summed E-state index contributed by atoms with van der Waals surface area (Å²) in [6.07, 6.45) is -2.91. The minimum atomic E-state index is -4.51. The molecule has 0 bridgehead atoms. The van der Waals surface area contributed by atoms with E-state index in [0.717, 1.165) is 12.1 Å². The Morgan fingerprint density at radius 1 is 1.05 bits per heavy atom. The lowest BCUT2D eigenvalue weighted by molar-refractivity contribution is -0.137. The molecular formula is C13H12Cl2F3N3. The maximum absolute atomic E-state index is 12.7. The van der Waals surface area contributed by atoms with E-state index < -0.39 is 11.7 Å². The molecule has 3 nitrogen and oxygen atoms in total. The quantitative estimate of drug-likeness (QED) is 0.741. The lowest BCUT2D eigenvalue weighted by atomic mass is 9.93. The molecule has 0 spiro atoms. The van der Waals surface area contributed by atoms with Crippen molar-refractivity contribution < 1.29 is 13.2 Å². The Kier molecular flexibility index (Phi) is 3.97. The summed E-state index contributed by atoms with van der Waals surface area (Å²) < 4.78 is 39.4. The van der Waals surface area contributed by atoms with Gasteiger partial charge in [0.1, 0.15) is 5.69 Å². The van der Waals surface area contributed by atoms with Crippen LogP contribution in [0.2, 0.25) is 10.0 Å². The van der Waals surface area contributed by atoms with Crippen molar-refractivity contribution in [2.75, 3.05) is 0 Å². The van der Waals surface area contributed by atoms with Gasteiger partial charge in [0.15, 0.2) is 0 Å². The molecule has 0 aliphatic heterocycles. The van der Waals surface area contributed by atoms with Crippen molar-refractivity contribution in [3.05, 3.63) is 39.6 Å². The minimum absolute atomic E-state index is 0.139. The second kappa shape index (κ2) is 5.18. The highest BCUT2D eigenvalue weighted by Crippen LogP contribution is 2.37. The summed E-state index contributed by atoms with van der Waals surface area (Å²) in [6, 6.07) is 1.64. The number of aromatic nitrogens is 3. The van der Waals surface area contributed by atoms with Gasteiger partial charge in [-0.05, 0) is 12.1 Å². The highest BCUT2D eigenvalue weighted by molar-refractivity contribution is 6.37. The maximum Gasteiger partial charge on any atom is 0.416 e. The highest BCUT2D eigenvalue weighted by Gasteiger charge is 2.32. The number of nitrogens with zero attached hydrogens (tertiary/aromatic N) is 3. The number of alkyl halides is 3. The van der Waals surface area contributed by atoms with Crippen LogP contribution in [0.15, 0.2) is 18.3 Å². The van der Waals surface area contributed by atoms with Gasteiger partial charge in [-0.3, -0.25) is 0 Å². The first-order chi connectivity index (χ1) is 9.50. The monoisotopic (exact) mass is 337 g/mol. The fourth-order valence-electron chi connectivity index (χ4n) is 1.66. The fraction of sp³-hybridized carbons (Fsp3) is 0.385. The zero-order valence-corrected chi connectivity index (χ0v) is 13.0. The van der Waals surface area contributed by atoms with Crippen molar-refractivity contribution in [2.45, 2.75) is 32.4 Å². The van der Waals surface area contributed by atoms with Crippen LogP contribution in [0.4, 0.5) is 13.2 Å². The summed E-state index contributed by atoms with van der Waals surface area (Å²) in [5.41, 5.74) is -0.301. The number of hydrogen-bond donors (Lipinski definition) is 0. The Morgan fingerprint density at radius 3 is 1.95 bits per heavy atom. The van der Waals surface area contributed by atoms with E-state index in [1.165, 1.54) is 4.68 Å². The SMILES string of the molecule is CC(C)(C)c1cn(-c2c(Cl)cc(C(F)(F)F)cc2Cl)nn1. The summed E-state index contributed by atoms with van der Waals surface area (Å²) in [6.45, 7) is 5.83. The van der Waals surface area contributed by atoms with Crippen molar-refractivity contribution in [1.29, 1.82) is 0 Å². The lowest BCUT2D eigenvalue weighted by Gasteiger charge is -2.13. The third kappa shape index (κ3) is 3.32. The Morgan fingerprint density at radius 2 is 1.57 bits per heavy atom. The molecule has 2 rings (SSSR count). The molecule has 0 aliphatic rings. The molecule has 0 saturated heterocycles. The Hall–Kier alpha value is -1.27. The summed E-state index contributed by atoms with van der Waals surface area (Å²) >= 11 is 11.9. The number of benzene rings is 1. The van der Waals surface area contributed by atoms with Crippen molar-refractivity contribution in [2.24, 2.45) is 0 Å². The standard InChI is InChI=1S/C13H12Cl2F3N3/c1-12(2,3)10-6-21(20-19-10)11-8(14)4-7(5-9(11)15)13(16,17)18/h4-6H,1-3H3. The minimum Gasteiger partial charge on any atom is -0.217 e. The second-order valence-corrected chi connectivity index (χ2v) is 6.40. The van der Waals surface area contributed by atoms with E-state index in [9.17, 15) is 13.2 Å². The Bertz CT molecular complexity index is 649. The van der Waals surface area contributed by atoms with Crippen LogP contribution in [0, 0.1) is 0 Å². The van der Waals surface area contributed by atoms with Crippen LogP contribution >= 0.6 is 23.2 Å². The van der Waals surface area contributed by atoms with Gasteiger partial charge in [0, 0.05) is 5.41 Å². The molecule has 0 amide bonds. The average molecular weight is 338 g/mol. The molecule has 0 saturated carbocycles. The van der Waals surface area contributed by atoms with Gasteiger partial charge in [-0.25, -0.2) is 4.68 Å². The first kappa shape index (κ1) is 16.1. The van der Waals surface area contributed by atoms with Crippen molar-refractivity contribution in [3.63, 3.8) is 0 Å². The van der Waals surface area contributed by atoms with E-state index in [4.69, 9.17) is 23.2 Å². The van der Waals surface area contributed by atoms with Gasteiger partial charge < -0.3 is 0 Å². The molecule has 0 unspecified atom stereocenters. The van der Waals surface area contributed by atoms with E-state index in [-0.39, 0.29) is 21.1 Å². The molecule has 0 aliphatic carbocycles. The van der Waals surface area contributed by atoms with Gasteiger partial charge in [0.2, 0.25) is 0 Å². The molecule has 0 fully saturated rings. The van der Waals surface area contributed by atoms with Gasteiger partial charge in [0.05, 0.1) is 27.5 Å². The first-order valence-corrected chi connectivity index (χ1v) is 6.75. The molecule has 114 valence electrons. The van der Waals surface area contributed by atoms with Gasteiger partial charge in [-0.1, -0.05) is 49.2 Å². The Balaban J connectivity index is 2.53. The molecule has 1 aromatic heterocycles. The molecule has 1 heterocycles. The molecular weight excluding hydrogens is 326 g/mol. The average Bonchev–Trinajstić information content (AvgIpc) is 2.75. The lowest BCUT2D eigenvalue weighted by Crippen LogP contribution is -2.11. The molecule has 0 N–H and O–H groups in total. The van der Waals surface area contributed by atoms with E-state index in [1.54, 1.807) is 6.20 Å². The topological polar surface area (TPSA) is 30.7 Å². The summed E-state index contributed by atoms with van der Waals surface area (Å²) in [4.78, 5) is 0. The Labute approximate surface area is 129 Å². The summed E-state index contributed by atoms with van der Waals surface area (Å²) in [7, 11) is 0. The number of rotatable bonds is 1. The first-order valence-electron chi connectivity index (χ1n) is 5.99. The maximum atomic E-state index is 12.7. The van der Waals surface area contributed by atoms with Crippen LogP contribution in [0.5, 0.6) is 0 Å². The predicted octanol–water partition coefficient (Wildman–Crippen LogP) is 4.89. The van der Waals surface area contributed by atoms with Crippen molar-refractivity contribution >= 4 is 23.2 Å². The van der Waals surface area contributed by atoms with E-state index in [1.807, 2.05) is 20.8 Å². The van der Waals surface area contributed by atoms with Gasteiger partial charge in [-0.2, -0.15) is 13.2 Å². The molecule has 0 atom stereocenters. The smallest absolute Gasteiger partial charge is 0.217 e. The van der Waals surface area contributed by atoms with Crippen LogP contribution < -0.4 is 0 Å². The number of halogens is 5. The van der Waals surface area contributed by atoms with Gasteiger partial charge in [-0.15, -0.1) is 5.10 Å². The van der Waals surface area contributed by atoms with Crippen LogP contribution in [-0.4, -0.2) is 15.0 Å². The van der Waals surface area contributed by atoms with Crippen LogP contribution in [0.3, 0.4) is 0 Å². The largest absolute Gasteiger partial charge is 0.416 e. The normalized spacial score (nSPS) is 12.8. The summed E-state index contributed by atoms with van der Waals surface area (Å²) in [5, 5.41) is 7.60. The van der Waals surface area contributed by atoms with E-state index >= 15 is 0 Å². The predicted molar refractivity (Wildman–Crippen MR) is 75.1 cm³/mol. The second-order valence-electron chi connectivity index (χ2n) is 5.58. The molecule has 1 aromatic carbocycles. The number of hydrogen-bond acceptors (Lipinski definition) is 2. The van der Waals surface area contributed by atoms with E-state index in [2.05, 4.69) is 10.3 Å². The van der Waals surface area contributed by atoms with E-state index in [0.29, 0.717) is 5.69 Å². The highest BCUT2D eigenvalue weighted by atomic mass is 35.5. The zero-order chi connectivity index (χ0) is 16.0. The molecule has 21 heavy (non-hydrogen) atoms. The van der Waals surface area contributed by atoms with Crippen LogP contribution in [-0.2, 0) is 11.6 Å². The van der Waals surface area contributed by atoms with Crippen LogP contribution in [0.1, 0.15) is 32.0 Å². The molecule has 8 heteroatoms. The molecule has 0 radical (unpaired) electrons. The third-order valence-corrected chi connectivity index (χ3v) is 3.41. The van der Waals surface area contributed by atoms with Gasteiger partial charge >= 0.3 is 6.18 Å². The fourth-order valence-corrected chi connectivity index (χ4v) is 2.33. The molecule has 2 aromatic rings.